The Labute approximate surface area is 131 Å². The lowest BCUT2D eigenvalue weighted by molar-refractivity contribution is 0.361. The van der Waals surface area contributed by atoms with Gasteiger partial charge in [-0.2, -0.15) is 0 Å². The lowest BCUT2D eigenvalue weighted by Gasteiger charge is -2.16. The number of hydrogen-bond donors (Lipinski definition) is 1. The van der Waals surface area contributed by atoms with Crippen LogP contribution in [0.3, 0.4) is 0 Å². The standard InChI is InChI=1S/C17H16O6/c1-8-5-11(19)14-16(23-8)13-10(15(21-3)17(14)22-4)6-9(18)7-12(13)20-2/h5-7,18H,1-4H3. The van der Waals surface area contributed by atoms with Gasteiger partial charge in [0.2, 0.25) is 0 Å². The van der Waals surface area contributed by atoms with E-state index in [2.05, 4.69) is 0 Å². The van der Waals surface area contributed by atoms with Crippen molar-refractivity contribution in [2.24, 2.45) is 0 Å². The van der Waals surface area contributed by atoms with Crippen LogP contribution in [0, 0.1) is 6.92 Å². The fraction of sp³-hybridized carbons (Fsp3) is 0.235. The first-order chi connectivity index (χ1) is 11.0. The third-order valence-corrected chi connectivity index (χ3v) is 3.69. The molecule has 6 heteroatoms. The van der Waals surface area contributed by atoms with Crippen molar-refractivity contribution in [1.82, 2.24) is 0 Å². The molecule has 1 heterocycles. The van der Waals surface area contributed by atoms with Crippen LogP contribution in [0.1, 0.15) is 5.76 Å². The van der Waals surface area contributed by atoms with Gasteiger partial charge in [0.1, 0.15) is 22.6 Å². The summed E-state index contributed by atoms with van der Waals surface area (Å²) in [4.78, 5) is 12.5. The zero-order valence-electron chi connectivity index (χ0n) is 13.2. The van der Waals surface area contributed by atoms with Crippen molar-refractivity contribution < 1.29 is 23.7 Å². The number of aromatic hydroxyl groups is 1. The summed E-state index contributed by atoms with van der Waals surface area (Å²) in [6.07, 6.45) is 0. The summed E-state index contributed by atoms with van der Waals surface area (Å²) in [5.41, 5.74) is 0.0930. The van der Waals surface area contributed by atoms with Gasteiger partial charge in [-0.05, 0) is 13.0 Å². The second kappa shape index (κ2) is 5.39. The number of phenolic OH excluding ortho intramolecular Hbond substituents is 1. The van der Waals surface area contributed by atoms with Crippen molar-refractivity contribution in [2.45, 2.75) is 6.92 Å². The van der Waals surface area contributed by atoms with E-state index in [1.807, 2.05) is 0 Å². The molecule has 0 aliphatic carbocycles. The highest BCUT2D eigenvalue weighted by atomic mass is 16.5. The van der Waals surface area contributed by atoms with E-state index >= 15 is 0 Å². The zero-order valence-corrected chi connectivity index (χ0v) is 13.2. The Morgan fingerprint density at radius 2 is 1.65 bits per heavy atom. The summed E-state index contributed by atoms with van der Waals surface area (Å²) in [5.74, 6) is 1.44. The van der Waals surface area contributed by atoms with E-state index in [0.717, 1.165) is 0 Å². The third kappa shape index (κ3) is 2.14. The molecule has 2 aromatic carbocycles. The molecule has 120 valence electrons. The van der Waals surface area contributed by atoms with Gasteiger partial charge in [0.15, 0.2) is 22.5 Å². The van der Waals surface area contributed by atoms with Crippen LogP contribution in [-0.2, 0) is 0 Å². The molecule has 0 bridgehead atoms. The smallest absolute Gasteiger partial charge is 0.196 e. The summed E-state index contributed by atoms with van der Waals surface area (Å²) in [6.45, 7) is 1.69. The Bertz CT molecular complexity index is 971. The maximum atomic E-state index is 12.5. The number of methoxy groups -OCH3 is 3. The van der Waals surface area contributed by atoms with E-state index in [9.17, 15) is 9.90 Å². The maximum absolute atomic E-state index is 12.5. The van der Waals surface area contributed by atoms with Gasteiger partial charge in [-0.15, -0.1) is 0 Å². The molecule has 0 unspecified atom stereocenters. The summed E-state index contributed by atoms with van der Waals surface area (Å²) in [6, 6.07) is 4.36. The number of ether oxygens (including phenoxy) is 3. The molecule has 0 amide bonds. The maximum Gasteiger partial charge on any atom is 0.196 e. The van der Waals surface area contributed by atoms with Crippen molar-refractivity contribution >= 4 is 21.7 Å². The van der Waals surface area contributed by atoms with Gasteiger partial charge >= 0.3 is 0 Å². The minimum absolute atomic E-state index is 0.00375. The molecule has 0 saturated heterocycles. The summed E-state index contributed by atoms with van der Waals surface area (Å²) >= 11 is 0. The van der Waals surface area contributed by atoms with Crippen LogP contribution in [0.2, 0.25) is 0 Å². The Morgan fingerprint density at radius 1 is 0.957 bits per heavy atom. The van der Waals surface area contributed by atoms with Crippen LogP contribution in [0.25, 0.3) is 21.7 Å². The Balaban J connectivity index is 2.73. The Hall–Kier alpha value is -2.89. The number of hydrogen-bond acceptors (Lipinski definition) is 6. The normalized spacial score (nSPS) is 11.0. The number of aryl methyl sites for hydroxylation is 1. The summed E-state index contributed by atoms with van der Waals surface area (Å²) in [7, 11) is 4.39. The number of fused-ring (bicyclic) bond motifs is 3. The van der Waals surface area contributed by atoms with Crippen molar-refractivity contribution in [3.05, 3.63) is 34.2 Å². The molecular weight excluding hydrogens is 300 g/mol. The highest BCUT2D eigenvalue weighted by Crippen LogP contribution is 2.46. The van der Waals surface area contributed by atoms with Gasteiger partial charge in [0, 0.05) is 17.5 Å². The van der Waals surface area contributed by atoms with Gasteiger partial charge in [-0.25, -0.2) is 0 Å². The zero-order chi connectivity index (χ0) is 16.7. The van der Waals surface area contributed by atoms with Crippen molar-refractivity contribution in [3.63, 3.8) is 0 Å². The van der Waals surface area contributed by atoms with Gasteiger partial charge < -0.3 is 23.7 Å². The highest BCUT2D eigenvalue weighted by Gasteiger charge is 2.23. The number of benzene rings is 2. The fourth-order valence-electron chi connectivity index (χ4n) is 2.81. The van der Waals surface area contributed by atoms with Crippen LogP contribution in [-0.4, -0.2) is 26.4 Å². The van der Waals surface area contributed by atoms with Crippen molar-refractivity contribution in [2.75, 3.05) is 21.3 Å². The molecule has 0 radical (unpaired) electrons. The molecule has 6 nitrogen and oxygen atoms in total. The van der Waals surface area contributed by atoms with Crippen LogP contribution in [0.15, 0.2) is 27.4 Å². The molecule has 0 aliphatic heterocycles. The lowest BCUT2D eigenvalue weighted by Crippen LogP contribution is -2.05. The summed E-state index contributed by atoms with van der Waals surface area (Å²) < 4.78 is 21.9. The molecule has 0 saturated carbocycles. The molecule has 0 fully saturated rings. The fourth-order valence-corrected chi connectivity index (χ4v) is 2.81. The van der Waals surface area contributed by atoms with Crippen LogP contribution < -0.4 is 19.6 Å². The topological polar surface area (TPSA) is 78.1 Å². The van der Waals surface area contributed by atoms with Crippen LogP contribution in [0.5, 0.6) is 23.0 Å². The van der Waals surface area contributed by atoms with Crippen LogP contribution >= 0.6 is 0 Å². The monoisotopic (exact) mass is 316 g/mol. The quantitative estimate of drug-likeness (QED) is 0.748. The van der Waals surface area contributed by atoms with Crippen molar-refractivity contribution in [3.8, 4) is 23.0 Å². The summed E-state index contributed by atoms with van der Waals surface area (Å²) in [5, 5.41) is 11.3. The van der Waals surface area contributed by atoms with Gasteiger partial charge in [0.05, 0.1) is 26.7 Å². The number of phenols is 1. The highest BCUT2D eigenvalue weighted by molar-refractivity contribution is 6.14. The molecule has 23 heavy (non-hydrogen) atoms. The minimum atomic E-state index is -0.240. The molecule has 0 spiro atoms. The first-order valence-electron chi connectivity index (χ1n) is 6.91. The minimum Gasteiger partial charge on any atom is -0.508 e. The first-order valence-corrected chi connectivity index (χ1v) is 6.91. The Kier molecular flexibility index (Phi) is 3.52. The molecule has 0 aliphatic rings. The lowest BCUT2D eigenvalue weighted by atomic mass is 10.0. The SMILES string of the molecule is COc1c(OC)c2c(=O)cc(C)oc2c2c(OC)cc(O)cc12. The molecule has 1 aromatic heterocycles. The average molecular weight is 316 g/mol. The first kappa shape index (κ1) is 15.0. The number of rotatable bonds is 3. The molecular formula is C17H16O6. The second-order valence-corrected chi connectivity index (χ2v) is 5.06. The van der Waals surface area contributed by atoms with E-state index in [0.29, 0.717) is 33.6 Å². The predicted molar refractivity (Wildman–Crippen MR) is 86.0 cm³/mol. The van der Waals surface area contributed by atoms with E-state index in [-0.39, 0.29) is 22.3 Å². The van der Waals surface area contributed by atoms with E-state index in [1.54, 1.807) is 6.92 Å². The third-order valence-electron chi connectivity index (χ3n) is 3.69. The van der Waals surface area contributed by atoms with Crippen LogP contribution in [0.4, 0.5) is 0 Å². The largest absolute Gasteiger partial charge is 0.508 e. The van der Waals surface area contributed by atoms with Gasteiger partial charge in [-0.1, -0.05) is 0 Å². The molecule has 3 rings (SSSR count). The van der Waals surface area contributed by atoms with E-state index in [4.69, 9.17) is 18.6 Å². The Morgan fingerprint density at radius 3 is 2.26 bits per heavy atom. The molecule has 1 N–H and O–H groups in total. The molecule has 3 aromatic rings. The molecule has 0 atom stereocenters. The second-order valence-electron chi connectivity index (χ2n) is 5.06. The predicted octanol–water partition coefficient (Wildman–Crippen LogP) is 2.99. The van der Waals surface area contributed by atoms with Gasteiger partial charge in [0.25, 0.3) is 0 Å². The average Bonchev–Trinajstić information content (AvgIpc) is 2.52. The van der Waals surface area contributed by atoms with Gasteiger partial charge in [-0.3, -0.25) is 4.79 Å². The van der Waals surface area contributed by atoms with E-state index in [1.165, 1.54) is 39.5 Å². The van der Waals surface area contributed by atoms with E-state index < -0.39 is 0 Å². The van der Waals surface area contributed by atoms with Crippen molar-refractivity contribution in [1.29, 1.82) is 0 Å².